The van der Waals surface area contributed by atoms with Crippen molar-refractivity contribution in [1.29, 1.82) is 0 Å². The minimum absolute atomic E-state index is 0.109. The van der Waals surface area contributed by atoms with Gasteiger partial charge in [-0.15, -0.1) is 11.8 Å². The van der Waals surface area contributed by atoms with E-state index in [1.165, 1.54) is 12.1 Å². The van der Waals surface area contributed by atoms with Gasteiger partial charge in [0, 0.05) is 23.4 Å². The third-order valence-corrected chi connectivity index (χ3v) is 6.36. The van der Waals surface area contributed by atoms with Crippen LogP contribution in [0.25, 0.3) is 0 Å². The van der Waals surface area contributed by atoms with Gasteiger partial charge in [0.15, 0.2) is 0 Å². The Morgan fingerprint density at radius 2 is 1.82 bits per heavy atom. The Morgan fingerprint density at radius 3 is 2.50 bits per heavy atom. The molecule has 2 aliphatic rings. The zero-order chi connectivity index (χ0) is 19.7. The number of halogens is 1. The van der Waals surface area contributed by atoms with Crippen LogP contribution in [0, 0.1) is 11.7 Å². The average Bonchev–Trinajstić information content (AvgIpc) is 3.54. The molecule has 1 N–H and O–H groups in total. The molecule has 0 bridgehead atoms. The standard InChI is InChI=1S/C22H23FN2O2S/c1-28-19-5-3-2-4-18(19)24-21(26)20-17(14-6-8-15(23)9-7-14)12-13-25(22(20)27)16-10-11-16/h2-9,16-17,20H,10-13H2,1H3,(H,24,26)/t17-,20+/m1/s1. The summed E-state index contributed by atoms with van der Waals surface area (Å²) in [6.45, 7) is 0.650. The maximum absolute atomic E-state index is 13.4. The van der Waals surface area contributed by atoms with E-state index < -0.39 is 5.92 Å². The van der Waals surface area contributed by atoms with Crippen molar-refractivity contribution in [1.82, 2.24) is 4.90 Å². The van der Waals surface area contributed by atoms with Crippen LogP contribution >= 0.6 is 11.8 Å². The summed E-state index contributed by atoms with van der Waals surface area (Å²) >= 11 is 1.55. The molecule has 1 heterocycles. The van der Waals surface area contributed by atoms with Gasteiger partial charge < -0.3 is 10.2 Å². The molecule has 2 aromatic carbocycles. The number of thioether (sulfide) groups is 1. The first-order valence-electron chi connectivity index (χ1n) is 9.58. The Morgan fingerprint density at radius 1 is 1.11 bits per heavy atom. The highest BCUT2D eigenvalue weighted by molar-refractivity contribution is 7.98. The number of nitrogens with one attached hydrogen (secondary N) is 1. The number of likely N-dealkylation sites (tertiary alicyclic amines) is 1. The minimum atomic E-state index is -0.797. The van der Waals surface area contributed by atoms with Gasteiger partial charge in [-0.05, 0) is 55.3 Å². The van der Waals surface area contributed by atoms with Crippen LogP contribution in [0.15, 0.2) is 53.4 Å². The van der Waals surface area contributed by atoms with Gasteiger partial charge in [0.1, 0.15) is 11.7 Å². The van der Waals surface area contributed by atoms with Crippen LogP contribution in [0.5, 0.6) is 0 Å². The summed E-state index contributed by atoms with van der Waals surface area (Å²) < 4.78 is 13.4. The van der Waals surface area contributed by atoms with E-state index in [0.717, 1.165) is 23.3 Å². The number of anilines is 1. The lowest BCUT2D eigenvalue weighted by molar-refractivity contribution is -0.145. The summed E-state index contributed by atoms with van der Waals surface area (Å²) in [4.78, 5) is 29.3. The third-order valence-electron chi connectivity index (χ3n) is 5.57. The van der Waals surface area contributed by atoms with Crippen LogP contribution in [0.3, 0.4) is 0 Å². The van der Waals surface area contributed by atoms with E-state index in [1.54, 1.807) is 23.9 Å². The molecule has 0 aromatic heterocycles. The summed E-state index contributed by atoms with van der Waals surface area (Å²) in [6.07, 6.45) is 4.68. The van der Waals surface area contributed by atoms with Crippen LogP contribution in [-0.2, 0) is 9.59 Å². The molecule has 28 heavy (non-hydrogen) atoms. The zero-order valence-electron chi connectivity index (χ0n) is 15.7. The molecule has 1 aliphatic heterocycles. The zero-order valence-corrected chi connectivity index (χ0v) is 16.5. The largest absolute Gasteiger partial charge is 0.339 e. The highest BCUT2D eigenvalue weighted by atomic mass is 32.2. The van der Waals surface area contributed by atoms with Crippen molar-refractivity contribution in [2.24, 2.45) is 5.92 Å². The van der Waals surface area contributed by atoms with Gasteiger partial charge in [0.05, 0.1) is 5.69 Å². The second-order valence-electron chi connectivity index (χ2n) is 7.38. The lowest BCUT2D eigenvalue weighted by Crippen LogP contribution is -2.50. The van der Waals surface area contributed by atoms with Crippen LogP contribution in [-0.4, -0.2) is 35.6 Å². The number of carbonyl (C=O) groups is 2. The van der Waals surface area contributed by atoms with E-state index in [0.29, 0.717) is 18.7 Å². The fourth-order valence-electron chi connectivity index (χ4n) is 3.98. The van der Waals surface area contributed by atoms with Crippen molar-refractivity contribution in [2.75, 3.05) is 18.1 Å². The minimum Gasteiger partial charge on any atom is -0.339 e. The predicted molar refractivity (Wildman–Crippen MR) is 109 cm³/mol. The summed E-state index contributed by atoms with van der Waals surface area (Å²) in [7, 11) is 0. The number of hydrogen-bond donors (Lipinski definition) is 1. The molecular weight excluding hydrogens is 375 g/mol. The van der Waals surface area contributed by atoms with Crippen molar-refractivity contribution in [3.8, 4) is 0 Å². The Kier molecular flexibility index (Phi) is 5.40. The summed E-state index contributed by atoms with van der Waals surface area (Å²) in [5, 5.41) is 2.97. The Hall–Kier alpha value is -2.34. The molecule has 2 amide bonds. The Labute approximate surface area is 168 Å². The molecular formula is C22H23FN2O2S. The number of benzene rings is 2. The summed E-state index contributed by atoms with van der Waals surface area (Å²) in [5.74, 6) is -1.76. The lowest BCUT2D eigenvalue weighted by atomic mass is 9.79. The van der Waals surface area contributed by atoms with Crippen LogP contribution in [0.1, 0.15) is 30.7 Å². The van der Waals surface area contributed by atoms with Crippen LogP contribution in [0.4, 0.5) is 10.1 Å². The molecule has 0 radical (unpaired) electrons. The van der Waals surface area contributed by atoms with Crippen molar-refractivity contribution in [2.45, 2.75) is 36.1 Å². The number of para-hydroxylation sites is 1. The molecule has 6 heteroatoms. The molecule has 2 fully saturated rings. The highest BCUT2D eigenvalue weighted by Gasteiger charge is 2.46. The quantitative estimate of drug-likeness (QED) is 0.604. The van der Waals surface area contributed by atoms with Gasteiger partial charge in [-0.1, -0.05) is 24.3 Å². The molecule has 1 saturated heterocycles. The van der Waals surface area contributed by atoms with Gasteiger partial charge in [0.2, 0.25) is 11.8 Å². The van der Waals surface area contributed by atoms with Crippen molar-refractivity contribution < 1.29 is 14.0 Å². The van der Waals surface area contributed by atoms with Crippen molar-refractivity contribution in [3.63, 3.8) is 0 Å². The summed E-state index contributed by atoms with van der Waals surface area (Å²) in [6, 6.07) is 14.0. The fraction of sp³-hybridized carbons (Fsp3) is 0.364. The van der Waals surface area contributed by atoms with E-state index >= 15 is 0 Å². The number of carbonyl (C=O) groups excluding carboxylic acids is 2. The molecule has 2 atom stereocenters. The van der Waals surface area contributed by atoms with Gasteiger partial charge in [0.25, 0.3) is 0 Å². The van der Waals surface area contributed by atoms with Gasteiger partial charge in [-0.3, -0.25) is 9.59 Å². The van der Waals surface area contributed by atoms with E-state index in [9.17, 15) is 14.0 Å². The molecule has 0 spiro atoms. The predicted octanol–water partition coefficient (Wildman–Crippen LogP) is 4.28. The van der Waals surface area contributed by atoms with Gasteiger partial charge in [-0.2, -0.15) is 0 Å². The topological polar surface area (TPSA) is 49.4 Å². The van der Waals surface area contributed by atoms with E-state index in [-0.39, 0.29) is 29.6 Å². The van der Waals surface area contributed by atoms with Gasteiger partial charge >= 0.3 is 0 Å². The molecule has 4 nitrogen and oxygen atoms in total. The molecule has 1 saturated carbocycles. The number of rotatable bonds is 5. The first kappa shape index (κ1) is 19.0. The molecule has 146 valence electrons. The first-order valence-corrected chi connectivity index (χ1v) is 10.8. The molecule has 1 aliphatic carbocycles. The average molecular weight is 399 g/mol. The number of nitrogens with zero attached hydrogens (tertiary/aromatic N) is 1. The number of hydrogen-bond acceptors (Lipinski definition) is 3. The Balaban J connectivity index is 1.63. The first-order chi connectivity index (χ1) is 13.6. The second kappa shape index (κ2) is 7.95. The van der Waals surface area contributed by atoms with Gasteiger partial charge in [-0.25, -0.2) is 4.39 Å². The highest BCUT2D eigenvalue weighted by Crippen LogP contribution is 2.39. The number of piperidine rings is 1. The maximum atomic E-state index is 13.4. The molecule has 0 unspecified atom stereocenters. The van der Waals surface area contributed by atoms with Crippen molar-refractivity contribution >= 4 is 29.3 Å². The monoisotopic (exact) mass is 398 g/mol. The third kappa shape index (κ3) is 3.78. The lowest BCUT2D eigenvalue weighted by Gasteiger charge is -2.37. The fourth-order valence-corrected chi connectivity index (χ4v) is 4.53. The molecule has 4 rings (SSSR count). The smallest absolute Gasteiger partial charge is 0.237 e. The van der Waals surface area contributed by atoms with E-state index in [4.69, 9.17) is 0 Å². The van der Waals surface area contributed by atoms with E-state index in [2.05, 4.69) is 5.32 Å². The van der Waals surface area contributed by atoms with Crippen LogP contribution < -0.4 is 5.32 Å². The summed E-state index contributed by atoms with van der Waals surface area (Å²) in [5.41, 5.74) is 1.55. The van der Waals surface area contributed by atoms with E-state index in [1.807, 2.05) is 35.4 Å². The Bertz CT molecular complexity index is 882. The second-order valence-corrected chi connectivity index (χ2v) is 8.22. The van der Waals surface area contributed by atoms with Crippen molar-refractivity contribution in [3.05, 3.63) is 59.9 Å². The number of amides is 2. The molecule has 2 aromatic rings. The maximum Gasteiger partial charge on any atom is 0.237 e. The normalized spacial score (nSPS) is 22.2. The van der Waals surface area contributed by atoms with Crippen LogP contribution in [0.2, 0.25) is 0 Å². The SMILES string of the molecule is CSc1ccccc1NC(=O)[C@H]1C(=O)N(C2CC2)CC[C@@H]1c1ccc(F)cc1.